The van der Waals surface area contributed by atoms with Gasteiger partial charge < -0.3 is 10.6 Å². The van der Waals surface area contributed by atoms with E-state index in [2.05, 4.69) is 24.5 Å². The van der Waals surface area contributed by atoms with Crippen molar-refractivity contribution in [1.29, 1.82) is 0 Å². The van der Waals surface area contributed by atoms with Gasteiger partial charge in [-0.25, -0.2) is 0 Å². The summed E-state index contributed by atoms with van der Waals surface area (Å²) in [6, 6.07) is 1.13. The second-order valence-corrected chi connectivity index (χ2v) is 3.79. The van der Waals surface area contributed by atoms with Crippen LogP contribution in [0.15, 0.2) is 0 Å². The van der Waals surface area contributed by atoms with Crippen molar-refractivity contribution in [3.05, 3.63) is 0 Å². The van der Waals surface area contributed by atoms with E-state index in [-0.39, 0.29) is 0 Å². The Kier molecular flexibility index (Phi) is 3.79. The van der Waals surface area contributed by atoms with E-state index < -0.39 is 0 Å². The molecule has 0 aliphatic carbocycles. The highest BCUT2D eigenvalue weighted by Crippen LogP contribution is 2.12. The summed E-state index contributed by atoms with van der Waals surface area (Å²) >= 11 is 5.07. The molecule has 0 spiro atoms. The van der Waals surface area contributed by atoms with Crippen LogP contribution in [0.3, 0.4) is 0 Å². The number of thiocarbonyl (C=S) groups is 1. The molecule has 1 rings (SSSR count). The van der Waals surface area contributed by atoms with Gasteiger partial charge in [0.2, 0.25) is 0 Å². The van der Waals surface area contributed by atoms with Gasteiger partial charge in [0.25, 0.3) is 0 Å². The van der Waals surface area contributed by atoms with Gasteiger partial charge in [0.05, 0.1) is 0 Å². The highest BCUT2D eigenvalue weighted by molar-refractivity contribution is 7.80. The fourth-order valence-electron chi connectivity index (χ4n) is 1.66. The number of hydrogen-bond donors (Lipinski definition) is 2. The van der Waals surface area contributed by atoms with Crippen LogP contribution in [0.25, 0.3) is 0 Å². The fraction of sp³-hybridized carbons (Fsp3) is 0.889. The summed E-state index contributed by atoms with van der Waals surface area (Å²) in [5.74, 6) is 0. The van der Waals surface area contributed by atoms with E-state index in [4.69, 9.17) is 12.2 Å². The molecule has 2 nitrogen and oxygen atoms in total. The lowest BCUT2D eigenvalue weighted by atomic mass is 10.0. The smallest absolute Gasteiger partial charge is 0.166 e. The van der Waals surface area contributed by atoms with Crippen molar-refractivity contribution in [1.82, 2.24) is 10.6 Å². The van der Waals surface area contributed by atoms with Gasteiger partial charge in [-0.1, -0.05) is 26.7 Å². The van der Waals surface area contributed by atoms with Crippen LogP contribution in [0.2, 0.25) is 0 Å². The Bertz CT molecular complexity index is 159. The fourth-order valence-corrected chi connectivity index (χ4v) is 1.97. The van der Waals surface area contributed by atoms with Crippen molar-refractivity contribution in [2.24, 2.45) is 0 Å². The quantitative estimate of drug-likeness (QED) is 0.655. The van der Waals surface area contributed by atoms with E-state index in [1.54, 1.807) is 0 Å². The minimum Gasteiger partial charge on any atom is -0.358 e. The molecule has 12 heavy (non-hydrogen) atoms. The van der Waals surface area contributed by atoms with Crippen molar-refractivity contribution in [3.63, 3.8) is 0 Å². The summed E-state index contributed by atoms with van der Waals surface area (Å²) in [7, 11) is 0. The lowest BCUT2D eigenvalue weighted by molar-refractivity contribution is 0.455. The summed E-state index contributed by atoms with van der Waals surface area (Å²) in [4.78, 5) is 0. The summed E-state index contributed by atoms with van der Waals surface area (Å²) < 4.78 is 0. The number of rotatable bonds is 4. The van der Waals surface area contributed by atoms with Gasteiger partial charge in [-0.3, -0.25) is 0 Å². The molecule has 0 bridgehead atoms. The normalized spacial score (nSPS) is 28.3. The molecule has 2 unspecified atom stereocenters. The molecular weight excluding hydrogens is 168 g/mol. The molecule has 2 N–H and O–H groups in total. The van der Waals surface area contributed by atoms with Crippen LogP contribution < -0.4 is 10.6 Å². The van der Waals surface area contributed by atoms with E-state index in [0.717, 1.165) is 11.5 Å². The van der Waals surface area contributed by atoms with E-state index in [1.165, 1.54) is 19.3 Å². The van der Waals surface area contributed by atoms with Crippen LogP contribution in [0, 0.1) is 0 Å². The number of unbranched alkanes of at least 4 members (excludes halogenated alkanes) is 1. The molecule has 0 amide bonds. The van der Waals surface area contributed by atoms with Crippen molar-refractivity contribution in [2.45, 2.75) is 51.6 Å². The zero-order chi connectivity index (χ0) is 8.97. The summed E-state index contributed by atoms with van der Waals surface area (Å²) in [5.41, 5.74) is 0. The highest BCUT2D eigenvalue weighted by atomic mass is 32.1. The van der Waals surface area contributed by atoms with Crippen molar-refractivity contribution >= 4 is 17.3 Å². The molecule has 1 aliphatic heterocycles. The molecule has 0 aromatic rings. The zero-order valence-corrected chi connectivity index (χ0v) is 8.71. The molecule has 1 aliphatic rings. The Hall–Kier alpha value is -0.310. The molecule has 3 heteroatoms. The first kappa shape index (κ1) is 9.78. The molecule has 2 atom stereocenters. The maximum Gasteiger partial charge on any atom is 0.166 e. The SMILES string of the molecule is CCCCC1NC(=S)NC1CC. The van der Waals surface area contributed by atoms with Crippen LogP contribution in [-0.2, 0) is 0 Å². The predicted octanol–water partition coefficient (Wildman–Crippen LogP) is 1.80. The molecule has 0 aromatic heterocycles. The zero-order valence-electron chi connectivity index (χ0n) is 7.89. The van der Waals surface area contributed by atoms with Crippen molar-refractivity contribution in [3.8, 4) is 0 Å². The van der Waals surface area contributed by atoms with E-state index >= 15 is 0 Å². The number of hydrogen-bond acceptors (Lipinski definition) is 1. The predicted molar refractivity (Wildman–Crippen MR) is 56.3 cm³/mol. The molecule has 70 valence electrons. The second-order valence-electron chi connectivity index (χ2n) is 3.38. The lowest BCUT2D eigenvalue weighted by Crippen LogP contribution is -2.32. The van der Waals surface area contributed by atoms with Crippen molar-refractivity contribution < 1.29 is 0 Å². The first-order chi connectivity index (χ1) is 5.77. The molecule has 0 aromatic carbocycles. The van der Waals surface area contributed by atoms with Gasteiger partial charge in [-0.15, -0.1) is 0 Å². The Labute approximate surface area is 80.1 Å². The monoisotopic (exact) mass is 186 g/mol. The van der Waals surface area contributed by atoms with E-state index in [0.29, 0.717) is 12.1 Å². The maximum absolute atomic E-state index is 5.07. The first-order valence-electron chi connectivity index (χ1n) is 4.85. The van der Waals surface area contributed by atoms with Crippen LogP contribution in [0.1, 0.15) is 39.5 Å². The molecular formula is C9H18N2S. The summed E-state index contributed by atoms with van der Waals surface area (Å²) in [6.45, 7) is 4.42. The molecule has 1 fully saturated rings. The minimum absolute atomic E-state index is 0.559. The Balaban J connectivity index is 2.35. The highest BCUT2D eigenvalue weighted by Gasteiger charge is 2.26. The Morgan fingerprint density at radius 3 is 2.50 bits per heavy atom. The van der Waals surface area contributed by atoms with Gasteiger partial charge in [0.15, 0.2) is 5.11 Å². The minimum atomic E-state index is 0.559. The van der Waals surface area contributed by atoms with Gasteiger partial charge in [0, 0.05) is 12.1 Å². The van der Waals surface area contributed by atoms with Gasteiger partial charge in [0.1, 0.15) is 0 Å². The number of nitrogens with one attached hydrogen (secondary N) is 2. The Morgan fingerprint density at radius 2 is 1.92 bits per heavy atom. The lowest BCUT2D eigenvalue weighted by Gasteiger charge is -2.16. The standard InChI is InChI=1S/C9H18N2S/c1-3-5-6-8-7(4-2)10-9(12)11-8/h7-8H,3-6H2,1-2H3,(H2,10,11,12). The third-order valence-corrected chi connectivity index (χ3v) is 2.66. The van der Waals surface area contributed by atoms with E-state index in [1.807, 2.05) is 0 Å². The topological polar surface area (TPSA) is 24.1 Å². The largest absolute Gasteiger partial charge is 0.358 e. The van der Waals surface area contributed by atoms with Gasteiger partial charge >= 0.3 is 0 Å². The average Bonchev–Trinajstić information content (AvgIpc) is 2.42. The second kappa shape index (κ2) is 4.65. The van der Waals surface area contributed by atoms with Crippen LogP contribution in [-0.4, -0.2) is 17.2 Å². The van der Waals surface area contributed by atoms with Crippen molar-refractivity contribution in [2.75, 3.05) is 0 Å². The molecule has 0 radical (unpaired) electrons. The third-order valence-electron chi connectivity index (χ3n) is 2.43. The molecule has 1 saturated heterocycles. The van der Waals surface area contributed by atoms with Crippen LogP contribution in [0.5, 0.6) is 0 Å². The molecule has 0 saturated carbocycles. The van der Waals surface area contributed by atoms with Crippen LogP contribution in [0.4, 0.5) is 0 Å². The Morgan fingerprint density at radius 1 is 1.25 bits per heavy atom. The molecule has 1 heterocycles. The summed E-state index contributed by atoms with van der Waals surface area (Å²) in [5, 5.41) is 7.43. The summed E-state index contributed by atoms with van der Waals surface area (Å²) in [6.07, 6.45) is 4.95. The van der Waals surface area contributed by atoms with E-state index in [9.17, 15) is 0 Å². The average molecular weight is 186 g/mol. The van der Waals surface area contributed by atoms with Gasteiger partial charge in [-0.2, -0.15) is 0 Å². The van der Waals surface area contributed by atoms with Crippen LogP contribution >= 0.6 is 12.2 Å². The third kappa shape index (κ3) is 2.34. The first-order valence-corrected chi connectivity index (χ1v) is 5.25. The van der Waals surface area contributed by atoms with Gasteiger partial charge in [-0.05, 0) is 25.1 Å². The maximum atomic E-state index is 5.07.